The number of nitrogens with zero attached hydrogens (tertiary/aromatic N) is 1. The molecule has 0 bridgehead atoms. The summed E-state index contributed by atoms with van der Waals surface area (Å²) in [6.07, 6.45) is 2.56. The number of methoxy groups -OCH3 is 1. The largest absolute Gasteiger partial charge is 0.495 e. The Kier molecular flexibility index (Phi) is 5.11. The Labute approximate surface area is 124 Å². The van der Waals surface area contributed by atoms with E-state index in [4.69, 9.17) is 4.74 Å². The van der Waals surface area contributed by atoms with Crippen LogP contribution in [0.3, 0.4) is 0 Å². The summed E-state index contributed by atoms with van der Waals surface area (Å²) in [5.41, 5.74) is 2.35. The fourth-order valence-corrected chi connectivity index (χ4v) is 3.16. The molecule has 0 aromatic heterocycles. The molecule has 0 unspecified atom stereocenters. The lowest BCUT2D eigenvalue weighted by Crippen LogP contribution is -2.33. The first-order valence-corrected chi connectivity index (χ1v) is 7.66. The molecule has 0 radical (unpaired) electrons. The molecule has 1 saturated heterocycles. The van der Waals surface area contributed by atoms with E-state index in [9.17, 15) is 0 Å². The van der Waals surface area contributed by atoms with E-state index >= 15 is 0 Å². The quantitative estimate of drug-likeness (QED) is 0.916. The van der Waals surface area contributed by atoms with Gasteiger partial charge in [-0.25, -0.2) is 0 Å². The smallest absolute Gasteiger partial charge is 0.143 e. The molecular weight excluding hydrogens is 304 g/mol. The number of piperidine rings is 1. The van der Waals surface area contributed by atoms with Gasteiger partial charge >= 0.3 is 0 Å². The number of halogens is 1. The number of anilines is 1. The molecule has 4 heteroatoms. The van der Waals surface area contributed by atoms with Crippen molar-refractivity contribution in [1.29, 1.82) is 0 Å². The standard InChI is InChI=1S/C15H23BrN2O/c1-11-8-13(16)9-14(19-3)15(11)17-10-12-4-6-18(2)7-5-12/h8-9,12,17H,4-7,10H2,1-3H3. The van der Waals surface area contributed by atoms with Crippen molar-refractivity contribution in [2.45, 2.75) is 19.8 Å². The van der Waals surface area contributed by atoms with Crippen molar-refractivity contribution < 1.29 is 4.74 Å². The maximum absolute atomic E-state index is 5.46. The lowest BCUT2D eigenvalue weighted by molar-refractivity contribution is 0.226. The molecule has 106 valence electrons. The molecule has 0 atom stereocenters. The Morgan fingerprint density at radius 2 is 2.05 bits per heavy atom. The van der Waals surface area contributed by atoms with Crippen molar-refractivity contribution in [1.82, 2.24) is 4.90 Å². The second-order valence-corrected chi connectivity index (χ2v) is 6.34. The SMILES string of the molecule is COc1cc(Br)cc(C)c1NCC1CCN(C)CC1. The number of rotatable bonds is 4. The topological polar surface area (TPSA) is 24.5 Å². The summed E-state index contributed by atoms with van der Waals surface area (Å²) >= 11 is 3.51. The zero-order chi connectivity index (χ0) is 13.8. The summed E-state index contributed by atoms with van der Waals surface area (Å²) < 4.78 is 6.52. The number of ether oxygens (including phenoxy) is 1. The van der Waals surface area contributed by atoms with Crippen LogP contribution in [-0.2, 0) is 0 Å². The third-order valence-corrected chi connectivity index (χ3v) is 4.35. The summed E-state index contributed by atoms with van der Waals surface area (Å²) in [5, 5.41) is 3.58. The molecule has 2 rings (SSSR count). The predicted molar refractivity (Wildman–Crippen MR) is 84.1 cm³/mol. The van der Waals surface area contributed by atoms with Crippen LogP contribution in [0.2, 0.25) is 0 Å². The zero-order valence-electron chi connectivity index (χ0n) is 12.0. The minimum atomic E-state index is 0.768. The van der Waals surface area contributed by atoms with Crippen LogP contribution >= 0.6 is 15.9 Å². The summed E-state index contributed by atoms with van der Waals surface area (Å²) in [7, 11) is 3.92. The number of hydrogen-bond donors (Lipinski definition) is 1. The third kappa shape index (κ3) is 3.86. The molecule has 1 aliphatic heterocycles. The van der Waals surface area contributed by atoms with Gasteiger partial charge in [0.2, 0.25) is 0 Å². The number of aryl methyl sites for hydroxylation is 1. The molecule has 3 nitrogen and oxygen atoms in total. The Hall–Kier alpha value is -0.740. The molecule has 0 amide bonds. The molecule has 1 N–H and O–H groups in total. The van der Waals surface area contributed by atoms with Gasteiger partial charge in [0, 0.05) is 11.0 Å². The first kappa shape index (κ1) is 14.7. The van der Waals surface area contributed by atoms with E-state index in [1.165, 1.54) is 31.5 Å². The van der Waals surface area contributed by atoms with E-state index in [1.54, 1.807) is 7.11 Å². The van der Waals surface area contributed by atoms with E-state index in [0.717, 1.165) is 28.4 Å². The minimum absolute atomic E-state index is 0.768. The minimum Gasteiger partial charge on any atom is -0.495 e. The Morgan fingerprint density at radius 1 is 1.37 bits per heavy atom. The van der Waals surface area contributed by atoms with Crippen LogP contribution in [0.25, 0.3) is 0 Å². The van der Waals surface area contributed by atoms with E-state index in [0.29, 0.717) is 0 Å². The van der Waals surface area contributed by atoms with Gasteiger partial charge in [-0.3, -0.25) is 0 Å². The van der Waals surface area contributed by atoms with Crippen LogP contribution in [0.5, 0.6) is 5.75 Å². The molecule has 1 aliphatic rings. The van der Waals surface area contributed by atoms with Gasteiger partial charge in [0.25, 0.3) is 0 Å². The lowest BCUT2D eigenvalue weighted by atomic mass is 9.97. The maximum Gasteiger partial charge on any atom is 0.143 e. The predicted octanol–water partition coefficient (Wildman–Crippen LogP) is 3.52. The van der Waals surface area contributed by atoms with Crippen LogP contribution in [0.1, 0.15) is 18.4 Å². The Balaban J connectivity index is 1.99. The van der Waals surface area contributed by atoms with E-state index < -0.39 is 0 Å². The van der Waals surface area contributed by atoms with Gasteiger partial charge in [-0.15, -0.1) is 0 Å². The van der Waals surface area contributed by atoms with Gasteiger partial charge in [0.05, 0.1) is 12.8 Å². The molecule has 1 fully saturated rings. The highest BCUT2D eigenvalue weighted by Gasteiger charge is 2.17. The van der Waals surface area contributed by atoms with Gasteiger partial charge in [-0.2, -0.15) is 0 Å². The van der Waals surface area contributed by atoms with E-state index in [-0.39, 0.29) is 0 Å². The van der Waals surface area contributed by atoms with Gasteiger partial charge in [0.1, 0.15) is 5.75 Å². The highest BCUT2D eigenvalue weighted by Crippen LogP contribution is 2.32. The van der Waals surface area contributed by atoms with Crippen molar-refractivity contribution in [2.75, 3.05) is 39.1 Å². The van der Waals surface area contributed by atoms with Crippen molar-refractivity contribution >= 4 is 21.6 Å². The molecule has 1 heterocycles. The van der Waals surface area contributed by atoms with E-state index in [1.807, 2.05) is 6.07 Å². The normalized spacial score (nSPS) is 17.5. The fraction of sp³-hybridized carbons (Fsp3) is 0.600. The first-order chi connectivity index (χ1) is 9.10. The van der Waals surface area contributed by atoms with Crippen LogP contribution < -0.4 is 10.1 Å². The first-order valence-electron chi connectivity index (χ1n) is 6.86. The second-order valence-electron chi connectivity index (χ2n) is 5.43. The average Bonchev–Trinajstić information content (AvgIpc) is 2.39. The highest BCUT2D eigenvalue weighted by atomic mass is 79.9. The molecular formula is C15H23BrN2O. The monoisotopic (exact) mass is 326 g/mol. The second kappa shape index (κ2) is 6.62. The number of likely N-dealkylation sites (tertiary alicyclic amines) is 1. The number of hydrogen-bond acceptors (Lipinski definition) is 3. The summed E-state index contributed by atoms with van der Waals surface area (Å²) in [4.78, 5) is 2.40. The zero-order valence-corrected chi connectivity index (χ0v) is 13.6. The lowest BCUT2D eigenvalue weighted by Gasteiger charge is -2.29. The van der Waals surface area contributed by atoms with Gasteiger partial charge in [-0.1, -0.05) is 15.9 Å². The molecule has 0 aliphatic carbocycles. The van der Waals surface area contributed by atoms with Gasteiger partial charge in [-0.05, 0) is 63.5 Å². The molecule has 0 spiro atoms. The molecule has 1 aromatic rings. The van der Waals surface area contributed by atoms with Crippen LogP contribution in [0.4, 0.5) is 5.69 Å². The van der Waals surface area contributed by atoms with E-state index in [2.05, 4.69) is 46.2 Å². The van der Waals surface area contributed by atoms with Crippen molar-refractivity contribution in [3.8, 4) is 5.75 Å². The molecule has 0 saturated carbocycles. The highest BCUT2D eigenvalue weighted by molar-refractivity contribution is 9.10. The van der Waals surface area contributed by atoms with Crippen molar-refractivity contribution in [3.05, 3.63) is 22.2 Å². The van der Waals surface area contributed by atoms with Crippen LogP contribution in [0, 0.1) is 12.8 Å². The number of nitrogens with one attached hydrogen (secondary N) is 1. The third-order valence-electron chi connectivity index (χ3n) is 3.89. The van der Waals surface area contributed by atoms with Crippen molar-refractivity contribution in [2.24, 2.45) is 5.92 Å². The van der Waals surface area contributed by atoms with Crippen LogP contribution in [-0.4, -0.2) is 38.7 Å². The summed E-state index contributed by atoms with van der Waals surface area (Å²) in [6.45, 7) is 5.57. The molecule has 19 heavy (non-hydrogen) atoms. The van der Waals surface area contributed by atoms with Gasteiger partial charge in [0.15, 0.2) is 0 Å². The fourth-order valence-electron chi connectivity index (χ4n) is 2.61. The number of benzene rings is 1. The van der Waals surface area contributed by atoms with Gasteiger partial charge < -0.3 is 15.0 Å². The summed E-state index contributed by atoms with van der Waals surface area (Å²) in [5.74, 6) is 1.68. The Morgan fingerprint density at radius 3 is 2.68 bits per heavy atom. The van der Waals surface area contributed by atoms with Crippen LogP contribution in [0.15, 0.2) is 16.6 Å². The molecule has 1 aromatic carbocycles. The average molecular weight is 327 g/mol. The van der Waals surface area contributed by atoms with Crippen molar-refractivity contribution in [3.63, 3.8) is 0 Å². The maximum atomic E-state index is 5.46. The summed E-state index contributed by atoms with van der Waals surface area (Å²) in [6, 6.07) is 4.14. The Bertz CT molecular complexity index is 428.